The summed E-state index contributed by atoms with van der Waals surface area (Å²) < 4.78 is 1.24. The summed E-state index contributed by atoms with van der Waals surface area (Å²) in [5, 5.41) is 59.8. The van der Waals surface area contributed by atoms with Crippen molar-refractivity contribution in [2.24, 2.45) is 5.16 Å². The third-order valence-corrected chi connectivity index (χ3v) is 10.4. The number of aromatic hydroxyl groups is 2. The minimum atomic E-state index is -1.43. The maximum atomic E-state index is 13.5. The molecule has 24 heteroatoms. The number of carbonyl (C=O) groups is 5. The quantitative estimate of drug-likeness (QED) is 0.0247. The molecule has 0 unspecified atom stereocenters. The van der Waals surface area contributed by atoms with Gasteiger partial charge >= 0.3 is 17.9 Å². The van der Waals surface area contributed by atoms with E-state index in [0.29, 0.717) is 16.3 Å². The number of fused-ring (bicyclic) bond motifs is 2. The van der Waals surface area contributed by atoms with Crippen molar-refractivity contribution in [2.75, 3.05) is 17.2 Å². The second-order valence-corrected chi connectivity index (χ2v) is 13.7. The molecule has 2 aliphatic rings. The first-order chi connectivity index (χ1) is 24.2. The molecule has 1 saturated heterocycles. The van der Waals surface area contributed by atoms with Crippen molar-refractivity contribution in [1.82, 2.24) is 34.8 Å². The number of hydrogen-bond acceptors (Lipinski definition) is 17. The summed E-state index contributed by atoms with van der Waals surface area (Å²) in [5.41, 5.74) is 5.45. The van der Waals surface area contributed by atoms with Crippen LogP contribution >= 0.6 is 34.9 Å². The fourth-order valence-electron chi connectivity index (χ4n) is 5.02. The highest BCUT2D eigenvalue weighted by Gasteiger charge is 2.54. The van der Waals surface area contributed by atoms with Gasteiger partial charge in [0, 0.05) is 28.1 Å². The SMILES string of the molecule is Cc1cc(SCC2=C(C(=O)O)N3C(=O)[C@@H](NC(=O)C(=NOCc4cc(O)c(O)cc4C(=O)O)c4csc(N)n4)[C@H]3SC2)n2nc(C(=O)O)nc2n1.O. The van der Waals surface area contributed by atoms with Gasteiger partial charge in [0.1, 0.15) is 34.4 Å². The summed E-state index contributed by atoms with van der Waals surface area (Å²) in [4.78, 5) is 80.7. The highest BCUT2D eigenvalue weighted by Crippen LogP contribution is 2.42. The maximum Gasteiger partial charge on any atom is 0.375 e. The van der Waals surface area contributed by atoms with Crippen molar-refractivity contribution in [3.8, 4) is 11.5 Å². The Morgan fingerprint density at radius 3 is 2.46 bits per heavy atom. The predicted molar refractivity (Wildman–Crippen MR) is 181 cm³/mol. The van der Waals surface area contributed by atoms with Crippen molar-refractivity contribution < 1.29 is 59.8 Å². The predicted octanol–water partition coefficient (Wildman–Crippen LogP) is -0.0939. The molecule has 10 N–H and O–H groups in total. The molecule has 5 heterocycles. The summed E-state index contributed by atoms with van der Waals surface area (Å²) in [6.45, 7) is 1.12. The topological polar surface area (TPSA) is 337 Å². The molecule has 2 aliphatic heterocycles. The Balaban J connectivity index is 0.00000523. The number of nitrogens with zero attached hydrogens (tertiary/aromatic N) is 7. The zero-order valence-electron chi connectivity index (χ0n) is 26.2. The van der Waals surface area contributed by atoms with E-state index in [1.807, 2.05) is 0 Å². The largest absolute Gasteiger partial charge is 0.504 e. The molecule has 1 aromatic carbocycles. The number of thioether (sulfide) groups is 2. The second-order valence-electron chi connectivity index (χ2n) is 10.7. The Bertz CT molecular complexity index is 2220. The number of phenols is 2. The normalized spacial score (nSPS) is 16.9. The Labute approximate surface area is 302 Å². The summed E-state index contributed by atoms with van der Waals surface area (Å²) in [6, 6.07) is 2.24. The van der Waals surface area contributed by atoms with Gasteiger partial charge in [-0.2, -0.15) is 9.50 Å². The number of aliphatic carboxylic acids is 1. The lowest BCUT2D eigenvalue weighted by molar-refractivity contribution is -0.150. The standard InChI is InChI=1S/C28H23N9O11S3.H2O/c1-9-2-16(37-28(30-9)33-20(34-37)26(46)47)49-6-11-7-50-23-18(22(41)36(23)19(11)25(44)45)32-21(40)17(13-8-51-27(29)31-13)35-48-5-10-3-14(38)15(39)4-12(10)24(42)43;/h2-4,8,18,23,38-39H,5-7H2,1H3,(H2,29,31)(H,32,40)(H,42,43)(H,44,45)(H,46,47);1H2/t18-,23-;/m1./s1. The lowest BCUT2D eigenvalue weighted by Gasteiger charge is -2.49. The van der Waals surface area contributed by atoms with Crippen LogP contribution in [0.2, 0.25) is 0 Å². The van der Waals surface area contributed by atoms with Crippen LogP contribution in [0.1, 0.15) is 37.9 Å². The van der Waals surface area contributed by atoms with Crippen LogP contribution in [-0.4, -0.2) is 119 Å². The number of thiazole rings is 1. The van der Waals surface area contributed by atoms with Crippen LogP contribution < -0.4 is 11.1 Å². The molecule has 2 atom stereocenters. The van der Waals surface area contributed by atoms with Crippen molar-refractivity contribution >= 4 is 81.2 Å². The lowest BCUT2D eigenvalue weighted by Crippen LogP contribution is -2.71. The molecule has 0 radical (unpaired) electrons. The molecule has 1 fully saturated rings. The number of hydrogen-bond donors (Lipinski definition) is 7. The van der Waals surface area contributed by atoms with E-state index in [0.717, 1.165) is 40.1 Å². The Hall–Kier alpha value is -5.98. The molecule has 0 spiro atoms. The smallest absolute Gasteiger partial charge is 0.375 e. The van der Waals surface area contributed by atoms with E-state index in [1.54, 1.807) is 13.0 Å². The number of phenolic OH excluding ortho intramolecular Hbond substituents is 2. The Morgan fingerprint density at radius 1 is 1.08 bits per heavy atom. The van der Waals surface area contributed by atoms with E-state index >= 15 is 0 Å². The van der Waals surface area contributed by atoms with Crippen molar-refractivity contribution in [3.05, 3.63) is 63.2 Å². The Morgan fingerprint density at radius 2 is 1.81 bits per heavy atom. The number of oxime groups is 1. The van der Waals surface area contributed by atoms with E-state index in [2.05, 4.69) is 30.5 Å². The van der Waals surface area contributed by atoms with Crippen molar-refractivity contribution in [3.63, 3.8) is 0 Å². The summed E-state index contributed by atoms with van der Waals surface area (Å²) >= 11 is 3.34. The molecule has 0 aliphatic carbocycles. The van der Waals surface area contributed by atoms with Gasteiger partial charge in [-0.1, -0.05) is 5.16 Å². The third kappa shape index (κ3) is 7.11. The van der Waals surface area contributed by atoms with Crippen molar-refractivity contribution in [2.45, 2.75) is 30.0 Å². The molecule has 3 aromatic heterocycles. The Kier molecular flexibility index (Phi) is 10.5. The van der Waals surface area contributed by atoms with Crippen LogP contribution in [0, 0.1) is 6.92 Å². The first kappa shape index (κ1) is 37.3. The highest BCUT2D eigenvalue weighted by atomic mass is 32.2. The van der Waals surface area contributed by atoms with Gasteiger partial charge in [0.25, 0.3) is 23.4 Å². The number of rotatable bonds is 12. The minimum Gasteiger partial charge on any atom is -0.504 e. The van der Waals surface area contributed by atoms with Gasteiger partial charge < -0.3 is 46.9 Å². The molecular weight excluding hydrogens is 751 g/mol. The van der Waals surface area contributed by atoms with Crippen LogP contribution in [0.3, 0.4) is 0 Å². The number of benzene rings is 1. The number of carbonyl (C=O) groups excluding carboxylic acids is 2. The lowest BCUT2D eigenvalue weighted by atomic mass is 10.0. The van der Waals surface area contributed by atoms with Crippen LogP contribution in [-0.2, 0) is 25.8 Å². The molecular formula is C28H25N9O12S3. The second kappa shape index (κ2) is 14.7. The monoisotopic (exact) mass is 775 g/mol. The number of β-lactam (4-membered cyclic amide) rings is 1. The number of nitrogen functional groups attached to an aromatic ring is 1. The van der Waals surface area contributed by atoms with E-state index in [9.17, 15) is 49.5 Å². The third-order valence-electron chi connectivity index (χ3n) is 7.32. The van der Waals surface area contributed by atoms with E-state index < -0.39 is 76.3 Å². The van der Waals surface area contributed by atoms with Gasteiger partial charge in [0.05, 0.1) is 5.56 Å². The number of aromatic carboxylic acids is 2. The number of aryl methyl sites for hydroxylation is 1. The number of anilines is 1. The van der Waals surface area contributed by atoms with Crippen LogP contribution in [0.15, 0.2) is 45.0 Å². The number of nitrogens with two attached hydrogens (primary N) is 1. The van der Waals surface area contributed by atoms with E-state index in [4.69, 9.17) is 10.6 Å². The van der Waals surface area contributed by atoms with Crippen LogP contribution in [0.4, 0.5) is 5.13 Å². The molecule has 52 heavy (non-hydrogen) atoms. The first-order valence-corrected chi connectivity index (χ1v) is 17.2. The minimum absolute atomic E-state index is 0. The van der Waals surface area contributed by atoms with Gasteiger partial charge in [-0.3, -0.25) is 14.5 Å². The van der Waals surface area contributed by atoms with Gasteiger partial charge in [-0.15, -0.1) is 40.0 Å². The van der Waals surface area contributed by atoms with E-state index in [-0.39, 0.29) is 44.8 Å². The zero-order valence-corrected chi connectivity index (χ0v) is 28.7. The average Bonchev–Trinajstić information content (AvgIpc) is 3.71. The molecule has 0 bridgehead atoms. The van der Waals surface area contributed by atoms with Crippen molar-refractivity contribution in [1.29, 1.82) is 0 Å². The molecule has 0 saturated carbocycles. The summed E-state index contributed by atoms with van der Waals surface area (Å²) in [7, 11) is 0. The fraction of sp³-hybridized carbons (Fsp3) is 0.214. The van der Waals surface area contributed by atoms with Gasteiger partial charge in [0.15, 0.2) is 22.3 Å². The zero-order chi connectivity index (χ0) is 36.7. The molecule has 21 nitrogen and oxygen atoms in total. The van der Waals surface area contributed by atoms with Gasteiger partial charge in [-0.05, 0) is 30.7 Å². The molecule has 272 valence electrons. The molecule has 4 aromatic rings. The molecule has 2 amide bonds. The van der Waals surface area contributed by atoms with Crippen LogP contribution in [0.25, 0.3) is 5.78 Å². The number of amides is 2. The summed E-state index contributed by atoms with van der Waals surface area (Å²) in [6.07, 6.45) is 0. The van der Waals surface area contributed by atoms with E-state index in [1.165, 1.54) is 21.7 Å². The first-order valence-electron chi connectivity index (χ1n) is 14.2. The number of carboxylic acid groups (broad SMARTS) is 3. The highest BCUT2D eigenvalue weighted by molar-refractivity contribution is 8.01. The number of carboxylic acids is 3. The van der Waals surface area contributed by atoms with Gasteiger partial charge in [-0.25, -0.2) is 24.4 Å². The fourth-order valence-corrected chi connectivity index (χ4v) is 8.10. The maximum absolute atomic E-state index is 13.5. The molecule has 6 rings (SSSR count). The average molecular weight is 776 g/mol. The number of nitrogens with one attached hydrogen (secondary N) is 1. The van der Waals surface area contributed by atoms with Gasteiger partial charge in [0.2, 0.25) is 0 Å². The van der Waals surface area contributed by atoms with Crippen LogP contribution in [0.5, 0.6) is 11.5 Å². The summed E-state index contributed by atoms with van der Waals surface area (Å²) in [5.74, 6) is -7.22. The number of aromatic nitrogens is 5.